The first-order valence-corrected chi connectivity index (χ1v) is 7.60. The van der Waals surface area contributed by atoms with Crippen molar-refractivity contribution < 1.29 is 0 Å². The van der Waals surface area contributed by atoms with E-state index in [9.17, 15) is 0 Å². The Morgan fingerprint density at radius 2 is 2.16 bits per heavy atom. The van der Waals surface area contributed by atoms with Crippen molar-refractivity contribution in [2.75, 3.05) is 24.5 Å². The van der Waals surface area contributed by atoms with Crippen LogP contribution in [0, 0.1) is 5.92 Å². The smallest absolute Gasteiger partial charge is 0.147 e. The second kappa shape index (κ2) is 7.43. The maximum atomic E-state index is 4.73. The zero-order chi connectivity index (χ0) is 13.5. The van der Waals surface area contributed by atoms with E-state index >= 15 is 0 Å². The lowest BCUT2D eigenvalue weighted by molar-refractivity contribution is 0.459. The fraction of sp³-hybridized carbons (Fsp3) is 0.733. The zero-order valence-corrected chi connectivity index (χ0v) is 12.2. The highest BCUT2D eigenvalue weighted by molar-refractivity contribution is 5.36. The van der Waals surface area contributed by atoms with Crippen LogP contribution < -0.4 is 10.2 Å². The topological polar surface area (TPSA) is 41.1 Å². The number of nitrogens with zero attached hydrogens (tertiary/aromatic N) is 3. The highest BCUT2D eigenvalue weighted by Crippen LogP contribution is 2.23. The molecule has 1 fully saturated rings. The Balaban J connectivity index is 2.00. The van der Waals surface area contributed by atoms with Crippen LogP contribution in [-0.4, -0.2) is 29.6 Å². The molecule has 1 aliphatic heterocycles. The predicted octanol–water partition coefficient (Wildman–Crippen LogP) is 2.60. The summed E-state index contributed by atoms with van der Waals surface area (Å²) in [5, 5.41) is 3.30. The average molecular weight is 262 g/mol. The third-order valence-corrected chi connectivity index (χ3v) is 3.98. The number of aromatic nitrogens is 2. The highest BCUT2D eigenvalue weighted by Gasteiger charge is 2.17. The Hall–Kier alpha value is -1.16. The third kappa shape index (κ3) is 4.16. The van der Waals surface area contributed by atoms with E-state index in [0.717, 1.165) is 43.6 Å². The molecule has 1 aromatic rings. The van der Waals surface area contributed by atoms with Crippen molar-refractivity contribution >= 4 is 5.82 Å². The molecule has 2 rings (SSSR count). The maximum absolute atomic E-state index is 4.73. The second-order valence-corrected chi connectivity index (χ2v) is 5.34. The number of hydrogen-bond donors (Lipinski definition) is 1. The van der Waals surface area contributed by atoms with E-state index in [4.69, 9.17) is 4.98 Å². The van der Waals surface area contributed by atoms with Gasteiger partial charge in [0.2, 0.25) is 0 Å². The van der Waals surface area contributed by atoms with E-state index in [1.165, 1.54) is 25.7 Å². The first-order valence-electron chi connectivity index (χ1n) is 7.60. The molecule has 0 amide bonds. The van der Waals surface area contributed by atoms with E-state index in [0.29, 0.717) is 0 Å². The minimum Gasteiger partial charge on any atom is -0.355 e. The van der Waals surface area contributed by atoms with Crippen molar-refractivity contribution in [3.8, 4) is 0 Å². The molecule has 4 heteroatoms. The van der Waals surface area contributed by atoms with Gasteiger partial charge in [0.15, 0.2) is 0 Å². The number of hydrogen-bond acceptors (Lipinski definition) is 4. The number of anilines is 1. The van der Waals surface area contributed by atoms with Gasteiger partial charge in [0.1, 0.15) is 5.82 Å². The van der Waals surface area contributed by atoms with Gasteiger partial charge in [0.25, 0.3) is 0 Å². The Bertz CT molecular complexity index is 380. The summed E-state index contributed by atoms with van der Waals surface area (Å²) in [5.74, 6) is 1.94. The van der Waals surface area contributed by atoms with Crippen molar-refractivity contribution in [2.45, 2.75) is 46.1 Å². The Kier molecular flexibility index (Phi) is 5.58. The molecule has 2 heterocycles. The molecule has 1 aliphatic rings. The third-order valence-electron chi connectivity index (χ3n) is 3.98. The molecule has 4 nitrogen and oxygen atoms in total. The Morgan fingerprint density at radius 3 is 2.95 bits per heavy atom. The van der Waals surface area contributed by atoms with Crippen LogP contribution in [0.15, 0.2) is 12.4 Å². The fourth-order valence-corrected chi connectivity index (χ4v) is 2.69. The first kappa shape index (κ1) is 14.3. The molecule has 1 atom stereocenters. The van der Waals surface area contributed by atoms with Crippen LogP contribution in [-0.2, 0) is 6.54 Å². The van der Waals surface area contributed by atoms with Crippen LogP contribution >= 0.6 is 0 Å². The molecular formula is C15H26N4. The van der Waals surface area contributed by atoms with Gasteiger partial charge in [0, 0.05) is 25.8 Å². The van der Waals surface area contributed by atoms with E-state index in [2.05, 4.69) is 29.0 Å². The molecule has 0 aromatic carbocycles. The van der Waals surface area contributed by atoms with Crippen molar-refractivity contribution in [3.63, 3.8) is 0 Å². The SMILES string of the molecule is CCNCc1cncc(N2CCCC(CC)CC2)n1. The van der Waals surface area contributed by atoms with Gasteiger partial charge in [-0.05, 0) is 31.7 Å². The molecule has 0 bridgehead atoms. The summed E-state index contributed by atoms with van der Waals surface area (Å²) in [7, 11) is 0. The molecular weight excluding hydrogens is 236 g/mol. The molecule has 106 valence electrons. The van der Waals surface area contributed by atoms with E-state index < -0.39 is 0 Å². The van der Waals surface area contributed by atoms with Gasteiger partial charge in [-0.25, -0.2) is 4.98 Å². The molecule has 0 spiro atoms. The van der Waals surface area contributed by atoms with Crippen molar-refractivity contribution in [1.29, 1.82) is 0 Å². The Morgan fingerprint density at radius 1 is 1.26 bits per heavy atom. The van der Waals surface area contributed by atoms with E-state index in [1.807, 2.05) is 12.4 Å². The quantitative estimate of drug-likeness (QED) is 0.885. The molecule has 1 unspecified atom stereocenters. The minimum absolute atomic E-state index is 0.808. The number of nitrogens with one attached hydrogen (secondary N) is 1. The van der Waals surface area contributed by atoms with Crippen LogP contribution in [0.1, 0.15) is 45.2 Å². The normalized spacial score (nSPS) is 20.3. The number of rotatable bonds is 5. The van der Waals surface area contributed by atoms with Crippen LogP contribution in [0.25, 0.3) is 0 Å². The highest BCUT2D eigenvalue weighted by atomic mass is 15.2. The largest absolute Gasteiger partial charge is 0.355 e. The van der Waals surface area contributed by atoms with Gasteiger partial charge < -0.3 is 10.2 Å². The second-order valence-electron chi connectivity index (χ2n) is 5.34. The van der Waals surface area contributed by atoms with Crippen LogP contribution in [0.4, 0.5) is 5.82 Å². The van der Waals surface area contributed by atoms with Gasteiger partial charge in [-0.3, -0.25) is 4.98 Å². The average Bonchev–Trinajstić information content (AvgIpc) is 2.71. The van der Waals surface area contributed by atoms with Crippen LogP contribution in [0.5, 0.6) is 0 Å². The fourth-order valence-electron chi connectivity index (χ4n) is 2.69. The standard InChI is InChI=1S/C15H26N4/c1-3-13-6-5-8-19(9-7-13)15-12-17-11-14(18-15)10-16-4-2/h11-13,16H,3-10H2,1-2H3. The van der Waals surface area contributed by atoms with Gasteiger partial charge in [-0.2, -0.15) is 0 Å². The summed E-state index contributed by atoms with van der Waals surface area (Å²) in [4.78, 5) is 11.5. The first-order chi connectivity index (χ1) is 9.33. The van der Waals surface area contributed by atoms with Gasteiger partial charge in [0.05, 0.1) is 11.9 Å². The van der Waals surface area contributed by atoms with Crippen molar-refractivity contribution in [2.24, 2.45) is 5.92 Å². The predicted molar refractivity (Wildman–Crippen MR) is 79.3 cm³/mol. The van der Waals surface area contributed by atoms with Crippen LogP contribution in [0.3, 0.4) is 0 Å². The van der Waals surface area contributed by atoms with Gasteiger partial charge in [-0.1, -0.05) is 20.3 Å². The summed E-state index contributed by atoms with van der Waals surface area (Å²) in [6, 6.07) is 0. The molecule has 0 saturated carbocycles. The maximum Gasteiger partial charge on any atom is 0.147 e. The molecule has 0 aliphatic carbocycles. The summed E-state index contributed by atoms with van der Waals surface area (Å²) >= 11 is 0. The Labute approximate surface area is 116 Å². The van der Waals surface area contributed by atoms with Gasteiger partial charge >= 0.3 is 0 Å². The van der Waals surface area contributed by atoms with Crippen LogP contribution in [0.2, 0.25) is 0 Å². The molecule has 1 N–H and O–H groups in total. The lowest BCUT2D eigenvalue weighted by Crippen LogP contribution is -2.26. The minimum atomic E-state index is 0.808. The molecule has 0 radical (unpaired) electrons. The lowest BCUT2D eigenvalue weighted by Gasteiger charge is -2.21. The summed E-state index contributed by atoms with van der Waals surface area (Å²) in [5.41, 5.74) is 1.04. The zero-order valence-electron chi connectivity index (χ0n) is 12.2. The molecule has 1 aromatic heterocycles. The summed E-state index contributed by atoms with van der Waals surface area (Å²) in [6.07, 6.45) is 8.99. The van der Waals surface area contributed by atoms with Crippen molar-refractivity contribution in [1.82, 2.24) is 15.3 Å². The summed E-state index contributed by atoms with van der Waals surface area (Å²) < 4.78 is 0. The van der Waals surface area contributed by atoms with Crippen molar-refractivity contribution in [3.05, 3.63) is 18.1 Å². The van der Waals surface area contributed by atoms with Gasteiger partial charge in [-0.15, -0.1) is 0 Å². The monoisotopic (exact) mass is 262 g/mol. The molecule has 1 saturated heterocycles. The summed E-state index contributed by atoms with van der Waals surface area (Å²) in [6.45, 7) is 8.43. The van der Waals surface area contributed by atoms with E-state index in [1.54, 1.807) is 0 Å². The molecule has 19 heavy (non-hydrogen) atoms. The van der Waals surface area contributed by atoms with E-state index in [-0.39, 0.29) is 0 Å². The lowest BCUT2D eigenvalue weighted by atomic mass is 9.98.